The molecular weight excluding hydrogens is 290 g/mol. The van der Waals surface area contributed by atoms with E-state index in [-0.39, 0.29) is 11.3 Å². The quantitative estimate of drug-likeness (QED) is 0.834. The van der Waals surface area contributed by atoms with Crippen molar-refractivity contribution < 1.29 is 18.3 Å². The largest absolute Gasteiger partial charge is 0.481 e. The molecule has 1 N–H and O–H groups in total. The summed E-state index contributed by atoms with van der Waals surface area (Å²) < 4.78 is 23.0. The maximum atomic E-state index is 11.5. The Morgan fingerprint density at radius 1 is 1.19 bits per heavy atom. The van der Waals surface area contributed by atoms with Crippen molar-refractivity contribution in [2.75, 3.05) is 19.3 Å². The maximum absolute atomic E-state index is 11.5. The summed E-state index contributed by atoms with van der Waals surface area (Å²) in [5, 5.41) is 9.21. The van der Waals surface area contributed by atoms with Crippen LogP contribution < -0.4 is 0 Å². The van der Waals surface area contributed by atoms with Crippen LogP contribution in [-0.2, 0) is 20.2 Å². The fraction of sp³-hybridized carbons (Fsp3) is 0.533. The summed E-state index contributed by atoms with van der Waals surface area (Å²) in [6, 6.07) is 6.48. The Bertz CT molecular complexity index is 591. The van der Waals surface area contributed by atoms with E-state index in [9.17, 15) is 18.3 Å². The molecule has 1 unspecified atom stereocenters. The van der Waals surface area contributed by atoms with Crippen LogP contribution in [0.2, 0.25) is 0 Å². The first-order chi connectivity index (χ1) is 9.65. The first kappa shape index (κ1) is 17.7. The molecule has 0 bridgehead atoms. The molecule has 0 radical (unpaired) electrons. The van der Waals surface area contributed by atoms with Gasteiger partial charge in [-0.2, -0.15) is 0 Å². The molecule has 1 aromatic carbocycles. The van der Waals surface area contributed by atoms with Gasteiger partial charge in [0.1, 0.15) is 0 Å². The number of sulfone groups is 1. The number of carbonyl (C=O) groups is 1. The van der Waals surface area contributed by atoms with Crippen molar-refractivity contribution in [1.29, 1.82) is 0 Å². The second-order valence-electron chi connectivity index (χ2n) is 5.31. The molecule has 0 fully saturated rings. The highest BCUT2D eigenvalue weighted by Gasteiger charge is 2.34. The number of carboxylic acids is 1. The Morgan fingerprint density at radius 3 is 2.00 bits per heavy atom. The Hall–Kier alpha value is -1.40. The average Bonchev–Trinajstić information content (AvgIpc) is 2.38. The van der Waals surface area contributed by atoms with Gasteiger partial charge in [0.05, 0.1) is 16.9 Å². The van der Waals surface area contributed by atoms with E-state index in [1.54, 1.807) is 12.1 Å². The summed E-state index contributed by atoms with van der Waals surface area (Å²) in [5.41, 5.74) is 0.145. The summed E-state index contributed by atoms with van der Waals surface area (Å²) in [4.78, 5) is 13.5. The van der Waals surface area contributed by atoms with Gasteiger partial charge in [-0.3, -0.25) is 9.69 Å². The lowest BCUT2D eigenvalue weighted by Gasteiger charge is -2.40. The van der Waals surface area contributed by atoms with Crippen LogP contribution in [0.5, 0.6) is 0 Å². The van der Waals surface area contributed by atoms with E-state index in [0.717, 1.165) is 11.8 Å². The topological polar surface area (TPSA) is 74.7 Å². The average molecular weight is 313 g/mol. The summed E-state index contributed by atoms with van der Waals surface area (Å²) >= 11 is 0. The van der Waals surface area contributed by atoms with Crippen molar-refractivity contribution in [3.8, 4) is 0 Å². The van der Waals surface area contributed by atoms with Crippen LogP contribution in [-0.4, -0.2) is 43.7 Å². The zero-order valence-electron chi connectivity index (χ0n) is 13.0. The van der Waals surface area contributed by atoms with Crippen LogP contribution in [0.15, 0.2) is 29.2 Å². The van der Waals surface area contributed by atoms with E-state index in [4.69, 9.17) is 0 Å². The third-order valence-electron chi connectivity index (χ3n) is 3.86. The molecule has 0 aliphatic rings. The number of hydrogen-bond acceptors (Lipinski definition) is 4. The van der Waals surface area contributed by atoms with Gasteiger partial charge in [-0.15, -0.1) is 0 Å². The van der Waals surface area contributed by atoms with Gasteiger partial charge in [-0.1, -0.05) is 26.0 Å². The fourth-order valence-electron chi connectivity index (χ4n) is 2.67. The molecular formula is C15H23NO4S. The Balaban J connectivity index is 3.30. The molecule has 0 aliphatic heterocycles. The summed E-state index contributed by atoms with van der Waals surface area (Å²) in [6.07, 6.45) is 1.12. The van der Waals surface area contributed by atoms with Gasteiger partial charge in [0, 0.05) is 6.26 Å². The second kappa shape index (κ2) is 6.58. The van der Waals surface area contributed by atoms with Gasteiger partial charge < -0.3 is 5.11 Å². The summed E-state index contributed by atoms with van der Waals surface area (Å²) in [6.45, 7) is 7.27. The molecule has 0 saturated heterocycles. The third-order valence-corrected chi connectivity index (χ3v) is 4.99. The number of hydrogen-bond donors (Lipinski definition) is 1. The normalized spacial score (nSPS) is 14.9. The van der Waals surface area contributed by atoms with Crippen LogP contribution in [0.3, 0.4) is 0 Å². The van der Waals surface area contributed by atoms with Crippen LogP contribution in [0.4, 0.5) is 0 Å². The first-order valence-corrected chi connectivity index (χ1v) is 8.81. The molecule has 21 heavy (non-hydrogen) atoms. The zero-order chi connectivity index (χ0) is 16.3. The number of benzene rings is 1. The molecule has 0 aromatic heterocycles. The fourth-order valence-corrected chi connectivity index (χ4v) is 3.30. The van der Waals surface area contributed by atoms with E-state index in [2.05, 4.69) is 4.90 Å². The monoisotopic (exact) mass is 313 g/mol. The molecule has 1 aromatic rings. The molecule has 0 saturated carbocycles. The lowest BCUT2D eigenvalue weighted by molar-refractivity contribution is -0.140. The highest BCUT2D eigenvalue weighted by molar-refractivity contribution is 7.90. The number of nitrogens with zero attached hydrogens (tertiary/aromatic N) is 1. The Morgan fingerprint density at radius 2 is 1.67 bits per heavy atom. The van der Waals surface area contributed by atoms with Gasteiger partial charge in [0.15, 0.2) is 9.84 Å². The molecule has 0 amide bonds. The highest BCUT2D eigenvalue weighted by Crippen LogP contribution is 2.32. The van der Waals surface area contributed by atoms with E-state index >= 15 is 0 Å². The van der Waals surface area contributed by atoms with Crippen LogP contribution >= 0.6 is 0 Å². The molecule has 0 heterocycles. The van der Waals surface area contributed by atoms with E-state index in [1.807, 2.05) is 20.8 Å². The molecule has 1 rings (SSSR count). The van der Waals surface area contributed by atoms with Crippen LogP contribution in [0, 0.1) is 0 Å². The zero-order valence-corrected chi connectivity index (χ0v) is 13.8. The van der Waals surface area contributed by atoms with Gasteiger partial charge >= 0.3 is 5.97 Å². The number of rotatable bonds is 7. The van der Waals surface area contributed by atoms with E-state index in [1.165, 1.54) is 12.1 Å². The van der Waals surface area contributed by atoms with Gasteiger partial charge in [0.2, 0.25) is 0 Å². The summed E-state index contributed by atoms with van der Waals surface area (Å²) in [5.74, 6) is -0.878. The minimum Gasteiger partial charge on any atom is -0.481 e. The number of aliphatic carboxylic acids is 1. The molecule has 1 atom stereocenters. The van der Waals surface area contributed by atoms with E-state index < -0.39 is 21.3 Å². The van der Waals surface area contributed by atoms with Gasteiger partial charge in [-0.05, 0) is 37.7 Å². The van der Waals surface area contributed by atoms with E-state index in [0.29, 0.717) is 13.1 Å². The Kier molecular flexibility index (Phi) is 5.53. The number of carboxylic acid groups (broad SMARTS) is 1. The lowest BCUT2D eigenvalue weighted by atomic mass is 9.86. The van der Waals surface area contributed by atoms with Crippen molar-refractivity contribution in [3.05, 3.63) is 29.8 Å². The van der Waals surface area contributed by atoms with Crippen molar-refractivity contribution in [2.45, 2.75) is 37.6 Å². The lowest BCUT2D eigenvalue weighted by Crippen LogP contribution is -2.45. The smallest absolute Gasteiger partial charge is 0.305 e. The van der Waals surface area contributed by atoms with Crippen molar-refractivity contribution in [1.82, 2.24) is 4.90 Å². The van der Waals surface area contributed by atoms with Crippen molar-refractivity contribution in [2.24, 2.45) is 0 Å². The third kappa shape index (κ3) is 4.04. The van der Waals surface area contributed by atoms with Crippen molar-refractivity contribution >= 4 is 15.8 Å². The minimum absolute atomic E-state index is 0.0348. The maximum Gasteiger partial charge on any atom is 0.305 e. The van der Waals surface area contributed by atoms with Gasteiger partial charge in [-0.25, -0.2) is 8.42 Å². The molecule has 6 heteroatoms. The Labute approximate surface area is 126 Å². The van der Waals surface area contributed by atoms with Crippen LogP contribution in [0.1, 0.15) is 32.8 Å². The predicted molar refractivity (Wildman–Crippen MR) is 82.1 cm³/mol. The molecule has 0 aliphatic carbocycles. The standard InChI is InChI=1S/C15H23NO4S/c1-5-16(6-2)15(3,11-14(17)18)12-7-9-13(10-8-12)21(4,19)20/h7-10H,5-6,11H2,1-4H3,(H,17,18). The van der Waals surface area contributed by atoms with Crippen molar-refractivity contribution in [3.63, 3.8) is 0 Å². The first-order valence-electron chi connectivity index (χ1n) is 6.92. The molecule has 118 valence electrons. The van der Waals surface area contributed by atoms with Gasteiger partial charge in [0.25, 0.3) is 0 Å². The second-order valence-corrected chi connectivity index (χ2v) is 7.33. The predicted octanol–water partition coefficient (Wildman–Crippen LogP) is 2.12. The molecule has 0 spiro atoms. The highest BCUT2D eigenvalue weighted by atomic mass is 32.2. The SMILES string of the molecule is CCN(CC)C(C)(CC(=O)O)c1ccc(S(C)(=O)=O)cc1. The van der Waals surface area contributed by atoms with Crippen LogP contribution in [0.25, 0.3) is 0 Å². The molecule has 5 nitrogen and oxygen atoms in total. The minimum atomic E-state index is -3.25. The summed E-state index contributed by atoms with van der Waals surface area (Å²) in [7, 11) is -3.25.